The molecule has 5 heteroatoms. The van der Waals surface area contributed by atoms with Crippen LogP contribution in [-0.4, -0.2) is 25.0 Å². The zero-order valence-electron chi connectivity index (χ0n) is 9.70. The van der Waals surface area contributed by atoms with Gasteiger partial charge in [0, 0.05) is 12.4 Å². The van der Waals surface area contributed by atoms with Crippen LogP contribution in [-0.2, 0) is 0 Å². The van der Waals surface area contributed by atoms with E-state index in [9.17, 15) is 5.11 Å². The van der Waals surface area contributed by atoms with Crippen LogP contribution in [0.5, 0.6) is 5.88 Å². The van der Waals surface area contributed by atoms with Crippen molar-refractivity contribution >= 4 is 10.9 Å². The Balaban J connectivity index is 2.25. The molecule has 0 unspecified atom stereocenters. The number of aryl methyl sites for hydroxylation is 1. The number of aromatic nitrogens is 4. The van der Waals surface area contributed by atoms with Crippen molar-refractivity contribution in [1.29, 1.82) is 0 Å². The third-order valence-electron chi connectivity index (χ3n) is 2.62. The maximum absolute atomic E-state index is 9.94. The molecule has 0 saturated heterocycles. The maximum atomic E-state index is 9.94. The molecular formula is C13H10N4O. The summed E-state index contributed by atoms with van der Waals surface area (Å²) in [6.45, 7) is 1.95. The van der Waals surface area contributed by atoms with Crippen LogP contribution in [0.25, 0.3) is 22.4 Å². The van der Waals surface area contributed by atoms with Gasteiger partial charge in [0.2, 0.25) is 5.88 Å². The number of nitrogens with zero attached hydrogens (tertiary/aromatic N) is 4. The lowest BCUT2D eigenvalue weighted by molar-refractivity contribution is 0.460. The maximum Gasteiger partial charge on any atom is 0.222 e. The summed E-state index contributed by atoms with van der Waals surface area (Å²) in [5.41, 5.74) is 2.28. The Labute approximate surface area is 103 Å². The molecule has 0 bridgehead atoms. The minimum Gasteiger partial charge on any atom is -0.493 e. The SMILES string of the molecule is Cc1ccc2nc(-c3cnccn3)nc(O)c2c1. The lowest BCUT2D eigenvalue weighted by atomic mass is 10.1. The van der Waals surface area contributed by atoms with E-state index >= 15 is 0 Å². The molecule has 3 rings (SSSR count). The van der Waals surface area contributed by atoms with E-state index in [-0.39, 0.29) is 5.88 Å². The Kier molecular flexibility index (Phi) is 2.37. The van der Waals surface area contributed by atoms with Gasteiger partial charge in [0.25, 0.3) is 0 Å². The van der Waals surface area contributed by atoms with Crippen LogP contribution in [0.1, 0.15) is 5.56 Å². The van der Waals surface area contributed by atoms with Gasteiger partial charge in [-0.3, -0.25) is 4.98 Å². The van der Waals surface area contributed by atoms with Gasteiger partial charge < -0.3 is 5.11 Å². The van der Waals surface area contributed by atoms with Gasteiger partial charge in [-0.1, -0.05) is 11.6 Å². The monoisotopic (exact) mass is 238 g/mol. The normalized spacial score (nSPS) is 10.7. The summed E-state index contributed by atoms with van der Waals surface area (Å²) < 4.78 is 0. The second-order valence-electron chi connectivity index (χ2n) is 3.98. The van der Waals surface area contributed by atoms with Crippen molar-refractivity contribution in [3.63, 3.8) is 0 Å². The highest BCUT2D eigenvalue weighted by Crippen LogP contribution is 2.25. The van der Waals surface area contributed by atoms with E-state index in [0.717, 1.165) is 5.56 Å². The fourth-order valence-electron chi connectivity index (χ4n) is 1.76. The Bertz CT molecular complexity index is 713. The van der Waals surface area contributed by atoms with Gasteiger partial charge in [-0.2, -0.15) is 4.98 Å². The van der Waals surface area contributed by atoms with Crippen molar-refractivity contribution in [2.45, 2.75) is 6.92 Å². The van der Waals surface area contributed by atoms with E-state index in [0.29, 0.717) is 22.4 Å². The molecule has 0 aliphatic rings. The fraction of sp³-hybridized carbons (Fsp3) is 0.0769. The van der Waals surface area contributed by atoms with Crippen LogP contribution in [0, 0.1) is 6.92 Å². The van der Waals surface area contributed by atoms with E-state index in [2.05, 4.69) is 19.9 Å². The van der Waals surface area contributed by atoms with E-state index in [1.54, 1.807) is 18.6 Å². The molecule has 88 valence electrons. The third-order valence-corrected chi connectivity index (χ3v) is 2.62. The van der Waals surface area contributed by atoms with Crippen molar-refractivity contribution in [2.75, 3.05) is 0 Å². The predicted octanol–water partition coefficient (Wildman–Crippen LogP) is 2.10. The van der Waals surface area contributed by atoms with Crippen LogP contribution in [0.4, 0.5) is 0 Å². The number of benzene rings is 1. The molecule has 1 N–H and O–H groups in total. The van der Waals surface area contributed by atoms with E-state index < -0.39 is 0 Å². The molecule has 1 aromatic carbocycles. The molecule has 0 spiro atoms. The molecule has 0 atom stereocenters. The van der Waals surface area contributed by atoms with Crippen LogP contribution in [0.2, 0.25) is 0 Å². The minimum absolute atomic E-state index is 0.0376. The Morgan fingerprint density at radius 1 is 1.11 bits per heavy atom. The molecule has 3 aromatic rings. The van der Waals surface area contributed by atoms with Crippen molar-refractivity contribution in [3.8, 4) is 17.4 Å². The van der Waals surface area contributed by atoms with Crippen molar-refractivity contribution < 1.29 is 5.11 Å². The number of fused-ring (bicyclic) bond motifs is 1. The summed E-state index contributed by atoms with van der Waals surface area (Å²) in [5, 5.41) is 10.6. The molecule has 2 heterocycles. The highest BCUT2D eigenvalue weighted by atomic mass is 16.3. The molecular weight excluding hydrogens is 228 g/mol. The predicted molar refractivity (Wildman–Crippen MR) is 67.0 cm³/mol. The van der Waals surface area contributed by atoms with Gasteiger partial charge in [-0.25, -0.2) is 9.97 Å². The first kappa shape index (κ1) is 10.6. The molecule has 2 aromatic heterocycles. The summed E-state index contributed by atoms with van der Waals surface area (Å²) in [6.07, 6.45) is 4.71. The molecule has 5 nitrogen and oxygen atoms in total. The first-order chi connectivity index (χ1) is 8.74. The summed E-state index contributed by atoms with van der Waals surface area (Å²) in [7, 11) is 0. The Hall–Kier alpha value is -2.56. The molecule has 0 radical (unpaired) electrons. The molecule has 0 aliphatic carbocycles. The number of hydrogen-bond acceptors (Lipinski definition) is 5. The van der Waals surface area contributed by atoms with Crippen LogP contribution in [0.3, 0.4) is 0 Å². The molecule has 0 fully saturated rings. The quantitative estimate of drug-likeness (QED) is 0.702. The van der Waals surface area contributed by atoms with Gasteiger partial charge in [0.1, 0.15) is 5.69 Å². The molecule has 18 heavy (non-hydrogen) atoms. The Morgan fingerprint density at radius 2 is 2.00 bits per heavy atom. The smallest absolute Gasteiger partial charge is 0.222 e. The first-order valence-corrected chi connectivity index (χ1v) is 5.48. The van der Waals surface area contributed by atoms with Gasteiger partial charge >= 0.3 is 0 Å². The van der Waals surface area contributed by atoms with E-state index in [4.69, 9.17) is 0 Å². The number of aromatic hydroxyl groups is 1. The summed E-state index contributed by atoms with van der Waals surface area (Å²) in [5.74, 6) is 0.335. The molecule has 0 aliphatic heterocycles. The molecule has 0 amide bonds. The van der Waals surface area contributed by atoms with Crippen LogP contribution in [0.15, 0.2) is 36.8 Å². The van der Waals surface area contributed by atoms with Crippen LogP contribution >= 0.6 is 0 Å². The fourth-order valence-corrected chi connectivity index (χ4v) is 1.76. The van der Waals surface area contributed by atoms with E-state index in [1.165, 1.54) is 0 Å². The summed E-state index contributed by atoms with van der Waals surface area (Å²) >= 11 is 0. The number of rotatable bonds is 1. The zero-order valence-corrected chi connectivity index (χ0v) is 9.70. The highest BCUT2D eigenvalue weighted by molar-refractivity contribution is 5.85. The lowest BCUT2D eigenvalue weighted by Gasteiger charge is -2.04. The highest BCUT2D eigenvalue weighted by Gasteiger charge is 2.09. The standard InChI is InChI=1S/C13H10N4O/c1-8-2-3-10-9(6-8)13(18)17-12(16-10)11-7-14-4-5-15-11/h2-7H,1H3,(H,16,17,18). The first-order valence-electron chi connectivity index (χ1n) is 5.48. The van der Waals surface area contributed by atoms with Gasteiger partial charge in [-0.05, 0) is 19.1 Å². The van der Waals surface area contributed by atoms with Gasteiger partial charge in [0.15, 0.2) is 5.82 Å². The molecule has 0 saturated carbocycles. The van der Waals surface area contributed by atoms with Crippen LogP contribution < -0.4 is 0 Å². The average Bonchev–Trinajstić information content (AvgIpc) is 2.40. The van der Waals surface area contributed by atoms with E-state index in [1.807, 2.05) is 25.1 Å². The van der Waals surface area contributed by atoms with Gasteiger partial charge in [-0.15, -0.1) is 0 Å². The lowest BCUT2D eigenvalue weighted by Crippen LogP contribution is -1.94. The summed E-state index contributed by atoms with van der Waals surface area (Å²) in [4.78, 5) is 16.5. The Morgan fingerprint density at radius 3 is 2.78 bits per heavy atom. The second-order valence-corrected chi connectivity index (χ2v) is 3.98. The average molecular weight is 238 g/mol. The van der Waals surface area contributed by atoms with Crippen molar-refractivity contribution in [2.24, 2.45) is 0 Å². The third kappa shape index (κ3) is 1.75. The summed E-state index contributed by atoms with van der Waals surface area (Å²) in [6, 6.07) is 5.65. The number of hydrogen-bond donors (Lipinski definition) is 1. The van der Waals surface area contributed by atoms with Crippen molar-refractivity contribution in [1.82, 2.24) is 19.9 Å². The zero-order chi connectivity index (χ0) is 12.5. The second kappa shape index (κ2) is 4.03. The van der Waals surface area contributed by atoms with Gasteiger partial charge in [0.05, 0.1) is 17.1 Å². The topological polar surface area (TPSA) is 71.8 Å². The largest absolute Gasteiger partial charge is 0.493 e. The van der Waals surface area contributed by atoms with Crippen molar-refractivity contribution in [3.05, 3.63) is 42.4 Å². The minimum atomic E-state index is -0.0376.